The number of aliphatic hydroxyl groups is 3. The molecule has 0 aromatic rings. The molecule has 0 saturated heterocycles. The molecule has 0 rings (SSSR count). The zero-order chi connectivity index (χ0) is 45.8. The Kier molecular flexibility index (Phi) is 53.4. The third-order valence-corrected chi connectivity index (χ3v) is 14.2. The van der Waals surface area contributed by atoms with E-state index in [2.05, 4.69) is 19.2 Å². The van der Waals surface area contributed by atoms with Gasteiger partial charge in [0.05, 0.1) is 18.8 Å². The minimum Gasteiger partial charge on any atom is -0.394 e. The molecule has 0 aromatic carbocycles. The third kappa shape index (κ3) is 49.1. The number of rotatable bonds is 55. The van der Waals surface area contributed by atoms with Crippen molar-refractivity contribution in [1.29, 1.82) is 0 Å². The first-order chi connectivity index (χ1) is 31.1. The normalized spacial score (nSPS) is 13.2. The molecule has 0 aromatic heterocycles. The Morgan fingerprint density at radius 2 is 0.508 bits per heavy atom. The molecule has 0 fully saturated rings. The van der Waals surface area contributed by atoms with E-state index < -0.39 is 24.2 Å². The Balaban J connectivity index is 3.47. The summed E-state index contributed by atoms with van der Waals surface area (Å²) in [6.07, 6.45) is 65.9. The van der Waals surface area contributed by atoms with Gasteiger partial charge in [-0.05, 0) is 12.8 Å². The molecule has 0 aliphatic carbocycles. The summed E-state index contributed by atoms with van der Waals surface area (Å²) < 4.78 is 0. The van der Waals surface area contributed by atoms with E-state index in [0.717, 1.165) is 32.1 Å². The van der Waals surface area contributed by atoms with E-state index >= 15 is 0 Å². The highest BCUT2D eigenvalue weighted by molar-refractivity contribution is 5.80. The van der Waals surface area contributed by atoms with Crippen LogP contribution in [0.15, 0.2) is 0 Å². The first-order valence-corrected chi connectivity index (χ1v) is 29.3. The minimum atomic E-state index is -1.07. The summed E-state index contributed by atoms with van der Waals surface area (Å²) >= 11 is 0. The summed E-state index contributed by atoms with van der Waals surface area (Å²) in [5, 5.41) is 33.6. The van der Waals surface area contributed by atoms with Gasteiger partial charge in [0.1, 0.15) is 6.10 Å². The molecular weight excluding hydrogens is 775 g/mol. The van der Waals surface area contributed by atoms with Gasteiger partial charge in [-0.3, -0.25) is 4.79 Å². The highest BCUT2D eigenvalue weighted by Gasteiger charge is 2.23. The Morgan fingerprint density at radius 3 is 0.714 bits per heavy atom. The molecule has 3 atom stereocenters. The number of amides is 1. The van der Waals surface area contributed by atoms with Crippen LogP contribution in [0.5, 0.6) is 0 Å². The largest absolute Gasteiger partial charge is 0.394 e. The molecule has 4 N–H and O–H groups in total. The molecule has 0 spiro atoms. The van der Waals surface area contributed by atoms with Crippen molar-refractivity contribution in [2.75, 3.05) is 6.61 Å². The summed E-state index contributed by atoms with van der Waals surface area (Å²) in [6.45, 7) is 4.28. The number of carbonyl (C=O) groups excluding carboxylic acids is 1. The van der Waals surface area contributed by atoms with Crippen molar-refractivity contribution in [3.63, 3.8) is 0 Å². The highest BCUT2D eigenvalue weighted by atomic mass is 16.3. The van der Waals surface area contributed by atoms with E-state index in [4.69, 9.17) is 0 Å². The molecule has 5 nitrogen and oxygen atoms in total. The molecule has 0 aliphatic rings. The van der Waals surface area contributed by atoms with Crippen LogP contribution in [-0.2, 0) is 4.79 Å². The average Bonchev–Trinajstić information content (AvgIpc) is 3.29. The van der Waals surface area contributed by atoms with Gasteiger partial charge in [0.2, 0.25) is 5.91 Å². The highest BCUT2D eigenvalue weighted by Crippen LogP contribution is 2.19. The van der Waals surface area contributed by atoms with E-state index in [9.17, 15) is 20.1 Å². The van der Waals surface area contributed by atoms with E-state index in [1.165, 1.54) is 283 Å². The zero-order valence-corrected chi connectivity index (χ0v) is 43.3. The maximum atomic E-state index is 12.6. The Bertz CT molecular complexity index is 853. The van der Waals surface area contributed by atoms with Crippen molar-refractivity contribution < 1.29 is 20.1 Å². The van der Waals surface area contributed by atoms with Crippen LogP contribution in [0.3, 0.4) is 0 Å². The predicted octanol–water partition coefficient (Wildman–Crippen LogP) is 18.1. The molecule has 5 heteroatoms. The lowest BCUT2D eigenvalue weighted by molar-refractivity contribution is -0.131. The SMILES string of the molecule is CCCCCCCCCCCCCCCCCCCCCCCCCCCCCCCC(O)C(=O)NC(CO)C(O)CCCCCCCCCCCCCCCCCCCCCC. The molecular formula is C58H117NO4. The van der Waals surface area contributed by atoms with Crippen LogP contribution in [-0.4, -0.2) is 46.1 Å². The average molecular weight is 893 g/mol. The monoisotopic (exact) mass is 892 g/mol. The second-order valence-corrected chi connectivity index (χ2v) is 20.6. The molecule has 0 radical (unpaired) electrons. The molecule has 3 unspecified atom stereocenters. The van der Waals surface area contributed by atoms with Gasteiger partial charge >= 0.3 is 0 Å². The first-order valence-electron chi connectivity index (χ1n) is 29.3. The Labute approximate surface area is 396 Å². The molecule has 1 amide bonds. The number of hydrogen-bond acceptors (Lipinski definition) is 4. The molecule has 63 heavy (non-hydrogen) atoms. The van der Waals surface area contributed by atoms with Crippen LogP contribution in [0, 0.1) is 0 Å². The van der Waals surface area contributed by atoms with Crippen LogP contribution in [0.4, 0.5) is 0 Å². The lowest BCUT2D eigenvalue weighted by atomic mass is 10.0. The number of carbonyl (C=O) groups is 1. The number of hydrogen-bond donors (Lipinski definition) is 4. The van der Waals surface area contributed by atoms with Crippen LogP contribution in [0.1, 0.15) is 341 Å². The quantitative estimate of drug-likeness (QED) is 0.0458. The summed E-state index contributed by atoms with van der Waals surface area (Å²) in [5.74, 6) is -0.461. The van der Waals surface area contributed by atoms with Crippen LogP contribution in [0.2, 0.25) is 0 Å². The van der Waals surface area contributed by atoms with Crippen LogP contribution >= 0.6 is 0 Å². The van der Waals surface area contributed by atoms with Crippen molar-refractivity contribution >= 4 is 5.91 Å². The third-order valence-electron chi connectivity index (χ3n) is 14.2. The van der Waals surface area contributed by atoms with Gasteiger partial charge in [-0.1, -0.05) is 328 Å². The summed E-state index contributed by atoms with van der Waals surface area (Å²) in [5.41, 5.74) is 0. The van der Waals surface area contributed by atoms with Crippen LogP contribution < -0.4 is 5.32 Å². The van der Waals surface area contributed by atoms with Crippen molar-refractivity contribution in [3.05, 3.63) is 0 Å². The zero-order valence-electron chi connectivity index (χ0n) is 43.3. The fourth-order valence-electron chi connectivity index (χ4n) is 9.67. The number of nitrogens with one attached hydrogen (secondary N) is 1. The Hall–Kier alpha value is -0.650. The van der Waals surface area contributed by atoms with Gasteiger partial charge in [0.15, 0.2) is 0 Å². The summed E-state index contributed by atoms with van der Waals surface area (Å²) in [4.78, 5) is 12.6. The Morgan fingerprint density at radius 1 is 0.317 bits per heavy atom. The molecule has 0 bridgehead atoms. The second kappa shape index (κ2) is 54.0. The van der Waals surface area contributed by atoms with Gasteiger partial charge in [-0.2, -0.15) is 0 Å². The van der Waals surface area contributed by atoms with E-state index in [-0.39, 0.29) is 6.61 Å². The van der Waals surface area contributed by atoms with Crippen molar-refractivity contribution in [2.45, 2.75) is 360 Å². The summed E-state index contributed by atoms with van der Waals surface area (Å²) in [7, 11) is 0. The van der Waals surface area contributed by atoms with Crippen molar-refractivity contribution in [1.82, 2.24) is 5.32 Å². The second-order valence-electron chi connectivity index (χ2n) is 20.6. The summed E-state index contributed by atoms with van der Waals surface area (Å²) in [6, 6.07) is -0.707. The van der Waals surface area contributed by atoms with Crippen molar-refractivity contribution in [3.8, 4) is 0 Å². The van der Waals surface area contributed by atoms with Gasteiger partial charge in [0.25, 0.3) is 0 Å². The first kappa shape index (κ1) is 62.4. The van der Waals surface area contributed by atoms with Crippen molar-refractivity contribution in [2.24, 2.45) is 0 Å². The van der Waals surface area contributed by atoms with Gasteiger partial charge in [0, 0.05) is 0 Å². The van der Waals surface area contributed by atoms with E-state index in [1.54, 1.807) is 0 Å². The maximum absolute atomic E-state index is 12.6. The predicted molar refractivity (Wildman–Crippen MR) is 278 cm³/mol. The fraction of sp³-hybridized carbons (Fsp3) is 0.983. The minimum absolute atomic E-state index is 0.307. The molecule has 0 aliphatic heterocycles. The van der Waals surface area contributed by atoms with Crippen LogP contribution in [0.25, 0.3) is 0 Å². The standard InChI is InChI=1S/C58H117NO4/c1-3-5-7-9-11-13-15-17-19-21-23-25-26-27-28-29-30-31-32-33-35-37-39-41-43-45-47-49-51-53-57(62)58(63)59-55(54-60)56(61)52-50-48-46-44-42-40-38-36-34-24-22-20-18-16-14-12-10-8-6-4-2/h55-57,60-62H,3-54H2,1-2H3,(H,59,63). The van der Waals surface area contributed by atoms with Gasteiger partial charge < -0.3 is 20.6 Å². The lowest BCUT2D eigenvalue weighted by Crippen LogP contribution is -2.49. The van der Waals surface area contributed by atoms with E-state index in [0.29, 0.717) is 12.8 Å². The van der Waals surface area contributed by atoms with E-state index in [1.807, 2.05) is 0 Å². The molecule has 0 heterocycles. The number of unbranched alkanes of at least 4 members (excludes halogenated alkanes) is 47. The smallest absolute Gasteiger partial charge is 0.249 e. The topological polar surface area (TPSA) is 89.8 Å². The molecule has 378 valence electrons. The van der Waals surface area contributed by atoms with Gasteiger partial charge in [-0.15, -0.1) is 0 Å². The maximum Gasteiger partial charge on any atom is 0.249 e. The van der Waals surface area contributed by atoms with Gasteiger partial charge in [-0.25, -0.2) is 0 Å². The fourth-order valence-corrected chi connectivity index (χ4v) is 9.67. The molecule has 0 saturated carbocycles. The lowest BCUT2D eigenvalue weighted by Gasteiger charge is -2.23. The number of aliphatic hydroxyl groups excluding tert-OH is 3.